The van der Waals surface area contributed by atoms with Crippen LogP contribution in [0.1, 0.15) is 19.3 Å². The van der Waals surface area contributed by atoms with Gasteiger partial charge in [0.05, 0.1) is 13.2 Å². The number of amides is 1. The Bertz CT molecular complexity index is 224. The smallest absolute Gasteiger partial charge is 0.246 e. The van der Waals surface area contributed by atoms with Gasteiger partial charge in [-0.25, -0.2) is 0 Å². The minimum atomic E-state index is -0.0521. The van der Waals surface area contributed by atoms with Gasteiger partial charge in [-0.05, 0) is 31.2 Å². The van der Waals surface area contributed by atoms with E-state index in [1.807, 2.05) is 0 Å². The van der Waals surface area contributed by atoms with Gasteiger partial charge in [-0.3, -0.25) is 4.79 Å². The summed E-state index contributed by atoms with van der Waals surface area (Å²) in [5.74, 6) is 1.07. The lowest BCUT2D eigenvalue weighted by molar-refractivity contribution is -0.126. The fourth-order valence-corrected chi connectivity index (χ4v) is 2.30. The standard InChI is InChI=1S/C12H24N2O3/c1-16-5-6-17-9-12(15)14-8-11-4-2-3-10(11)7-13/h10-11H,2-9,13H2,1H3,(H,14,15). The van der Waals surface area contributed by atoms with E-state index in [9.17, 15) is 4.79 Å². The number of hydrogen-bond acceptors (Lipinski definition) is 4. The van der Waals surface area contributed by atoms with Gasteiger partial charge in [0.15, 0.2) is 0 Å². The van der Waals surface area contributed by atoms with Crippen molar-refractivity contribution < 1.29 is 14.3 Å². The SMILES string of the molecule is COCCOCC(=O)NCC1CCCC1CN. The van der Waals surface area contributed by atoms with E-state index >= 15 is 0 Å². The van der Waals surface area contributed by atoms with Crippen molar-refractivity contribution in [1.82, 2.24) is 5.32 Å². The summed E-state index contributed by atoms with van der Waals surface area (Å²) in [7, 11) is 1.61. The first-order chi connectivity index (χ1) is 8.27. The third kappa shape index (κ3) is 5.48. The highest BCUT2D eigenvalue weighted by molar-refractivity contribution is 5.77. The molecule has 1 saturated carbocycles. The van der Waals surface area contributed by atoms with E-state index in [1.54, 1.807) is 7.11 Å². The van der Waals surface area contributed by atoms with E-state index in [1.165, 1.54) is 19.3 Å². The molecular formula is C12H24N2O3. The van der Waals surface area contributed by atoms with Crippen LogP contribution in [0.15, 0.2) is 0 Å². The molecule has 5 heteroatoms. The predicted octanol–water partition coefficient (Wildman–Crippen LogP) is 0.141. The van der Waals surface area contributed by atoms with E-state index in [0.717, 1.165) is 13.1 Å². The van der Waals surface area contributed by atoms with Crippen LogP contribution < -0.4 is 11.1 Å². The molecule has 0 aromatic carbocycles. The first kappa shape index (κ1) is 14.4. The number of nitrogens with one attached hydrogen (secondary N) is 1. The molecule has 0 heterocycles. The molecule has 1 aliphatic carbocycles. The van der Waals surface area contributed by atoms with Crippen molar-refractivity contribution in [3.63, 3.8) is 0 Å². The van der Waals surface area contributed by atoms with E-state index in [0.29, 0.717) is 25.0 Å². The summed E-state index contributed by atoms with van der Waals surface area (Å²) in [6, 6.07) is 0. The van der Waals surface area contributed by atoms with Crippen molar-refractivity contribution in [2.45, 2.75) is 19.3 Å². The summed E-state index contributed by atoms with van der Waals surface area (Å²) in [4.78, 5) is 11.4. The molecule has 0 spiro atoms. The third-order valence-corrected chi connectivity index (χ3v) is 3.35. The van der Waals surface area contributed by atoms with Crippen LogP contribution in [0.5, 0.6) is 0 Å². The molecule has 2 unspecified atom stereocenters. The summed E-state index contributed by atoms with van der Waals surface area (Å²) < 4.78 is 9.97. The molecular weight excluding hydrogens is 220 g/mol. The van der Waals surface area contributed by atoms with E-state index < -0.39 is 0 Å². The van der Waals surface area contributed by atoms with Gasteiger partial charge in [-0.2, -0.15) is 0 Å². The molecule has 1 rings (SSSR count). The van der Waals surface area contributed by atoms with Crippen molar-refractivity contribution >= 4 is 5.91 Å². The first-order valence-corrected chi connectivity index (χ1v) is 6.31. The van der Waals surface area contributed by atoms with Gasteiger partial charge >= 0.3 is 0 Å². The molecule has 1 amide bonds. The van der Waals surface area contributed by atoms with Crippen molar-refractivity contribution in [2.75, 3.05) is 40.0 Å². The zero-order valence-corrected chi connectivity index (χ0v) is 10.6. The molecule has 1 fully saturated rings. The molecule has 17 heavy (non-hydrogen) atoms. The predicted molar refractivity (Wildman–Crippen MR) is 65.6 cm³/mol. The van der Waals surface area contributed by atoms with Gasteiger partial charge in [-0.1, -0.05) is 6.42 Å². The van der Waals surface area contributed by atoms with Crippen LogP contribution >= 0.6 is 0 Å². The minimum Gasteiger partial charge on any atom is -0.382 e. The number of carbonyl (C=O) groups is 1. The molecule has 0 aromatic rings. The Morgan fingerprint density at radius 3 is 2.82 bits per heavy atom. The quantitative estimate of drug-likeness (QED) is 0.596. The van der Waals surface area contributed by atoms with Crippen LogP contribution in [0.2, 0.25) is 0 Å². The molecule has 2 atom stereocenters. The van der Waals surface area contributed by atoms with Crippen molar-refractivity contribution in [3.05, 3.63) is 0 Å². The lowest BCUT2D eigenvalue weighted by Crippen LogP contribution is -2.35. The summed E-state index contributed by atoms with van der Waals surface area (Å²) >= 11 is 0. The third-order valence-electron chi connectivity index (χ3n) is 3.35. The van der Waals surface area contributed by atoms with Crippen LogP contribution in [0.25, 0.3) is 0 Å². The zero-order chi connectivity index (χ0) is 12.5. The van der Waals surface area contributed by atoms with Gasteiger partial charge in [0.1, 0.15) is 6.61 Å². The lowest BCUT2D eigenvalue weighted by Gasteiger charge is -2.18. The molecule has 5 nitrogen and oxygen atoms in total. The van der Waals surface area contributed by atoms with Crippen LogP contribution in [0.4, 0.5) is 0 Å². The molecule has 0 aromatic heterocycles. The van der Waals surface area contributed by atoms with Gasteiger partial charge in [0.25, 0.3) is 0 Å². The van der Waals surface area contributed by atoms with Gasteiger partial charge < -0.3 is 20.5 Å². The van der Waals surface area contributed by atoms with Gasteiger partial charge in [0.2, 0.25) is 5.91 Å². The Morgan fingerprint density at radius 2 is 2.12 bits per heavy atom. The fraction of sp³-hybridized carbons (Fsp3) is 0.917. The van der Waals surface area contributed by atoms with Gasteiger partial charge in [-0.15, -0.1) is 0 Å². The van der Waals surface area contributed by atoms with Crippen LogP contribution in [0, 0.1) is 11.8 Å². The van der Waals surface area contributed by atoms with E-state index in [-0.39, 0.29) is 12.5 Å². The maximum absolute atomic E-state index is 11.4. The topological polar surface area (TPSA) is 73.6 Å². The number of nitrogens with two attached hydrogens (primary N) is 1. The van der Waals surface area contributed by atoms with Crippen molar-refractivity contribution in [2.24, 2.45) is 17.6 Å². The summed E-state index contributed by atoms with van der Waals surface area (Å²) in [5.41, 5.74) is 5.69. The Balaban J connectivity index is 2.06. The summed E-state index contributed by atoms with van der Waals surface area (Å²) in [6.07, 6.45) is 3.60. The zero-order valence-electron chi connectivity index (χ0n) is 10.6. The highest BCUT2D eigenvalue weighted by Gasteiger charge is 2.25. The Morgan fingerprint density at radius 1 is 1.35 bits per heavy atom. The number of carbonyl (C=O) groups excluding carboxylic acids is 1. The minimum absolute atomic E-state index is 0.0521. The highest BCUT2D eigenvalue weighted by atomic mass is 16.5. The monoisotopic (exact) mass is 244 g/mol. The molecule has 1 aliphatic rings. The van der Waals surface area contributed by atoms with E-state index in [2.05, 4.69) is 5.32 Å². The second kappa shape index (κ2) is 8.44. The summed E-state index contributed by atoms with van der Waals surface area (Å²) in [6.45, 7) is 2.55. The van der Waals surface area contributed by atoms with E-state index in [4.69, 9.17) is 15.2 Å². The van der Waals surface area contributed by atoms with Crippen LogP contribution in [0.3, 0.4) is 0 Å². The van der Waals surface area contributed by atoms with Crippen molar-refractivity contribution in [3.8, 4) is 0 Å². The number of hydrogen-bond donors (Lipinski definition) is 2. The van der Waals surface area contributed by atoms with Crippen molar-refractivity contribution in [1.29, 1.82) is 0 Å². The van der Waals surface area contributed by atoms with Gasteiger partial charge in [0, 0.05) is 13.7 Å². The molecule has 100 valence electrons. The normalized spacial score (nSPS) is 23.9. The number of ether oxygens (including phenoxy) is 2. The first-order valence-electron chi connectivity index (χ1n) is 6.31. The highest BCUT2D eigenvalue weighted by Crippen LogP contribution is 2.30. The largest absolute Gasteiger partial charge is 0.382 e. The second-order valence-electron chi connectivity index (χ2n) is 4.54. The summed E-state index contributed by atoms with van der Waals surface area (Å²) in [5, 5.41) is 2.91. The molecule has 0 saturated heterocycles. The second-order valence-corrected chi connectivity index (χ2v) is 4.54. The molecule has 0 aliphatic heterocycles. The van der Waals surface area contributed by atoms with Crippen LogP contribution in [-0.2, 0) is 14.3 Å². The fourth-order valence-electron chi connectivity index (χ4n) is 2.30. The Labute approximate surface area is 103 Å². The maximum Gasteiger partial charge on any atom is 0.246 e. The Kier molecular flexibility index (Phi) is 7.16. The lowest BCUT2D eigenvalue weighted by atomic mass is 9.96. The maximum atomic E-state index is 11.4. The number of rotatable bonds is 8. The Hall–Kier alpha value is -0.650. The molecule has 0 radical (unpaired) electrons. The number of methoxy groups -OCH3 is 1. The van der Waals surface area contributed by atoms with Crippen LogP contribution in [-0.4, -0.2) is 45.9 Å². The average molecular weight is 244 g/mol. The average Bonchev–Trinajstić information content (AvgIpc) is 2.79. The molecule has 0 bridgehead atoms. The molecule has 3 N–H and O–H groups in total.